The van der Waals surface area contributed by atoms with Crippen LogP contribution >= 0.6 is 0 Å². The van der Waals surface area contributed by atoms with Crippen LogP contribution in [0.25, 0.3) is 83.4 Å². The third-order valence-electron chi connectivity index (χ3n) is 10.7. The number of aromatic nitrogens is 3. The fourth-order valence-electron chi connectivity index (χ4n) is 8.43. The molecule has 0 aliphatic heterocycles. The van der Waals surface area contributed by atoms with Gasteiger partial charge in [0.05, 0.1) is 11.0 Å². The fraction of sp³-hybridized carbons (Fsp3) is 0.0638. The first-order valence-corrected chi connectivity index (χ1v) is 17.4. The summed E-state index contributed by atoms with van der Waals surface area (Å²) < 4.78 is 2.47. The number of hydrogen-bond acceptors (Lipinski definition) is 0. The normalized spacial score (nSPS) is 13.2. The molecule has 1 aliphatic carbocycles. The van der Waals surface area contributed by atoms with Gasteiger partial charge in [-0.25, -0.2) is 0 Å². The highest BCUT2D eigenvalue weighted by molar-refractivity contribution is 6.17. The van der Waals surface area contributed by atoms with Gasteiger partial charge in [0.1, 0.15) is 0 Å². The number of nitrogens with one attached hydrogen (secondary N) is 2. The van der Waals surface area contributed by atoms with E-state index in [9.17, 15) is 0 Å². The van der Waals surface area contributed by atoms with Crippen molar-refractivity contribution >= 4 is 21.8 Å². The SMILES string of the molecule is CC1(C)c2ccccc2-c2c(-c3ccc[nH]3)cc3c(c21)c1ccc(-c2cccc(-c4cc(-c5ccccc5)c[nH]4)c2)cc1n3-c1ccccc1. The molecule has 3 aromatic heterocycles. The first-order chi connectivity index (χ1) is 24.6. The Morgan fingerprint density at radius 3 is 2.06 bits per heavy atom. The number of rotatable bonds is 5. The topological polar surface area (TPSA) is 36.5 Å². The molecule has 3 nitrogen and oxygen atoms in total. The molecular formula is C47H35N3. The molecule has 6 aromatic carbocycles. The lowest BCUT2D eigenvalue weighted by molar-refractivity contribution is 0.666. The van der Waals surface area contributed by atoms with Crippen molar-refractivity contribution in [3.8, 4) is 61.6 Å². The Hall–Kier alpha value is -6.32. The second-order valence-corrected chi connectivity index (χ2v) is 14.0. The molecule has 0 unspecified atom stereocenters. The number of fused-ring (bicyclic) bond motifs is 7. The van der Waals surface area contributed by atoms with E-state index in [1.54, 1.807) is 0 Å². The van der Waals surface area contributed by atoms with Crippen LogP contribution in [0.15, 0.2) is 164 Å². The summed E-state index contributed by atoms with van der Waals surface area (Å²) in [5, 5.41) is 2.60. The lowest BCUT2D eigenvalue weighted by atomic mass is 9.79. The summed E-state index contributed by atoms with van der Waals surface area (Å²) in [5.74, 6) is 0. The molecule has 0 spiro atoms. The van der Waals surface area contributed by atoms with Crippen LogP contribution in [0.3, 0.4) is 0 Å². The Balaban J connectivity index is 1.22. The molecule has 2 N–H and O–H groups in total. The van der Waals surface area contributed by atoms with E-state index in [1.807, 2.05) is 6.20 Å². The van der Waals surface area contributed by atoms with Gasteiger partial charge in [0.2, 0.25) is 0 Å². The Labute approximate surface area is 291 Å². The summed E-state index contributed by atoms with van der Waals surface area (Å²) in [6, 6.07) is 55.2. The van der Waals surface area contributed by atoms with Gasteiger partial charge in [-0.1, -0.05) is 117 Å². The van der Waals surface area contributed by atoms with Crippen LogP contribution in [0.4, 0.5) is 0 Å². The van der Waals surface area contributed by atoms with Gasteiger partial charge in [0.25, 0.3) is 0 Å². The molecule has 9 aromatic rings. The van der Waals surface area contributed by atoms with E-state index in [4.69, 9.17) is 0 Å². The van der Waals surface area contributed by atoms with Gasteiger partial charge in [-0.3, -0.25) is 0 Å². The Kier molecular flexibility index (Phi) is 6.22. The largest absolute Gasteiger partial charge is 0.361 e. The zero-order chi connectivity index (χ0) is 33.4. The Morgan fingerprint density at radius 1 is 0.500 bits per heavy atom. The summed E-state index contributed by atoms with van der Waals surface area (Å²) in [6.07, 6.45) is 4.13. The Bertz CT molecular complexity index is 2710. The van der Waals surface area contributed by atoms with Gasteiger partial charge in [-0.15, -0.1) is 0 Å². The van der Waals surface area contributed by atoms with Gasteiger partial charge in [0, 0.05) is 51.2 Å². The van der Waals surface area contributed by atoms with Gasteiger partial charge in [-0.2, -0.15) is 0 Å². The summed E-state index contributed by atoms with van der Waals surface area (Å²) in [4.78, 5) is 7.07. The third-order valence-corrected chi connectivity index (χ3v) is 10.7. The van der Waals surface area contributed by atoms with Crippen molar-refractivity contribution in [1.82, 2.24) is 14.5 Å². The van der Waals surface area contributed by atoms with Crippen molar-refractivity contribution in [3.63, 3.8) is 0 Å². The van der Waals surface area contributed by atoms with Gasteiger partial charge < -0.3 is 14.5 Å². The van der Waals surface area contributed by atoms with E-state index in [0.717, 1.165) is 17.1 Å². The van der Waals surface area contributed by atoms with Gasteiger partial charge in [0.15, 0.2) is 0 Å². The van der Waals surface area contributed by atoms with Crippen LogP contribution in [-0.2, 0) is 5.41 Å². The summed E-state index contributed by atoms with van der Waals surface area (Å²) in [6.45, 7) is 4.79. The lowest BCUT2D eigenvalue weighted by Gasteiger charge is -2.23. The van der Waals surface area contributed by atoms with Crippen LogP contribution in [0.2, 0.25) is 0 Å². The van der Waals surface area contributed by atoms with E-state index >= 15 is 0 Å². The van der Waals surface area contributed by atoms with Crippen LogP contribution < -0.4 is 0 Å². The smallest absolute Gasteiger partial charge is 0.0551 e. The molecule has 0 amide bonds. The maximum atomic E-state index is 3.55. The van der Waals surface area contributed by atoms with Crippen LogP contribution in [-0.4, -0.2) is 14.5 Å². The first kappa shape index (κ1) is 28.7. The minimum absolute atomic E-state index is 0.176. The number of H-pyrrole nitrogens is 2. The lowest BCUT2D eigenvalue weighted by Crippen LogP contribution is -2.15. The minimum atomic E-state index is -0.176. The highest BCUT2D eigenvalue weighted by Gasteiger charge is 2.40. The molecule has 0 atom stereocenters. The van der Waals surface area contributed by atoms with E-state index in [1.165, 1.54) is 77.4 Å². The van der Waals surface area contributed by atoms with Crippen molar-refractivity contribution in [3.05, 3.63) is 175 Å². The molecule has 3 heterocycles. The monoisotopic (exact) mass is 641 g/mol. The maximum Gasteiger partial charge on any atom is 0.0551 e. The molecule has 0 fully saturated rings. The quantitative estimate of drug-likeness (QED) is 0.188. The molecule has 238 valence electrons. The predicted octanol–water partition coefficient (Wildman–Crippen LogP) is 12.4. The molecule has 3 heteroatoms. The van der Waals surface area contributed by atoms with Gasteiger partial charge >= 0.3 is 0 Å². The molecule has 0 bridgehead atoms. The van der Waals surface area contributed by atoms with Crippen molar-refractivity contribution in [1.29, 1.82) is 0 Å². The molecule has 10 rings (SSSR count). The van der Waals surface area contributed by atoms with E-state index < -0.39 is 0 Å². The zero-order valence-electron chi connectivity index (χ0n) is 28.0. The van der Waals surface area contributed by atoms with Crippen LogP contribution in [0.5, 0.6) is 0 Å². The first-order valence-electron chi connectivity index (χ1n) is 17.4. The molecule has 50 heavy (non-hydrogen) atoms. The average molecular weight is 642 g/mol. The average Bonchev–Trinajstić information content (AvgIpc) is 3.97. The van der Waals surface area contributed by atoms with Crippen molar-refractivity contribution < 1.29 is 0 Å². The third kappa shape index (κ3) is 4.23. The molecule has 0 radical (unpaired) electrons. The number of para-hydroxylation sites is 1. The van der Waals surface area contributed by atoms with Crippen molar-refractivity contribution in [2.45, 2.75) is 19.3 Å². The molecule has 0 saturated heterocycles. The standard InChI is InChI=1S/C47H35N3/c1-47(2)39-20-10-9-19-36(39)44-38(40-21-12-24-48-40)28-43-45(46(44)47)37-23-22-32(27-42(37)50(43)35-17-7-4-8-18-35)31-15-11-16-33(25-31)41-26-34(29-49-41)30-13-5-3-6-14-30/h3-29,48-49H,1-2H3. The second-order valence-electron chi connectivity index (χ2n) is 14.0. The number of hydrogen-bond donors (Lipinski definition) is 2. The second kappa shape index (κ2) is 10.8. The summed E-state index contributed by atoms with van der Waals surface area (Å²) in [7, 11) is 0. The summed E-state index contributed by atoms with van der Waals surface area (Å²) >= 11 is 0. The van der Waals surface area contributed by atoms with E-state index in [2.05, 4.69) is 186 Å². The number of aromatic amines is 2. The zero-order valence-corrected chi connectivity index (χ0v) is 28.0. The molecule has 0 saturated carbocycles. The number of nitrogens with zero attached hydrogens (tertiary/aromatic N) is 1. The van der Waals surface area contributed by atoms with Crippen molar-refractivity contribution in [2.75, 3.05) is 0 Å². The fourth-order valence-corrected chi connectivity index (χ4v) is 8.43. The van der Waals surface area contributed by atoms with E-state index in [-0.39, 0.29) is 5.41 Å². The van der Waals surface area contributed by atoms with Gasteiger partial charge in [-0.05, 0) is 98.6 Å². The van der Waals surface area contributed by atoms with E-state index in [0.29, 0.717) is 0 Å². The van der Waals surface area contributed by atoms with Crippen molar-refractivity contribution in [2.24, 2.45) is 0 Å². The highest BCUT2D eigenvalue weighted by atomic mass is 15.0. The predicted molar refractivity (Wildman–Crippen MR) is 209 cm³/mol. The van der Waals surface area contributed by atoms with Crippen LogP contribution in [0.1, 0.15) is 25.0 Å². The Morgan fingerprint density at radius 2 is 1.24 bits per heavy atom. The molecular weight excluding hydrogens is 607 g/mol. The summed E-state index contributed by atoms with van der Waals surface area (Å²) in [5.41, 5.74) is 18.3. The molecule has 1 aliphatic rings. The number of benzene rings is 6. The maximum absolute atomic E-state index is 3.55. The van der Waals surface area contributed by atoms with Crippen LogP contribution in [0, 0.1) is 0 Å². The minimum Gasteiger partial charge on any atom is -0.361 e. The highest BCUT2D eigenvalue weighted by Crippen LogP contribution is 2.56.